The number of methoxy groups -OCH3 is 1. The first kappa shape index (κ1) is 34.5. The normalized spacial score (nSPS) is 11.1. The van der Waals surface area contributed by atoms with Crippen molar-refractivity contribution in [3.8, 4) is 28.0 Å². The number of aryl methyl sites for hydroxylation is 2. The predicted octanol–water partition coefficient (Wildman–Crippen LogP) is 3.12. The smallest absolute Gasteiger partial charge is 0.330 e. The molecule has 0 fully saturated rings. The minimum absolute atomic E-state index is 0.0728. The van der Waals surface area contributed by atoms with Gasteiger partial charge in [-0.15, -0.1) is 0 Å². The molecule has 3 aromatic carbocycles. The first-order valence-electron chi connectivity index (χ1n) is 15.4. The summed E-state index contributed by atoms with van der Waals surface area (Å²) in [7, 11) is 7.21. The van der Waals surface area contributed by atoms with Crippen LogP contribution >= 0.6 is 0 Å². The summed E-state index contributed by atoms with van der Waals surface area (Å²) in [5.41, 5.74) is 3.53. The third-order valence-corrected chi connectivity index (χ3v) is 8.72. The van der Waals surface area contributed by atoms with Crippen molar-refractivity contribution in [2.75, 3.05) is 12.4 Å². The number of carbonyl (C=O) groups excluding carboxylic acids is 1. The summed E-state index contributed by atoms with van der Waals surface area (Å²) >= 11 is 0. The molecule has 2 aromatic heterocycles. The van der Waals surface area contributed by atoms with Crippen molar-refractivity contribution < 1.29 is 13.9 Å². The van der Waals surface area contributed by atoms with E-state index in [9.17, 15) is 24.0 Å². The Kier molecular flexibility index (Phi) is 9.67. The van der Waals surface area contributed by atoms with Gasteiger partial charge in [0.05, 0.1) is 7.11 Å². The van der Waals surface area contributed by atoms with Gasteiger partial charge in [-0.2, -0.15) is 0 Å². The molecule has 12 nitrogen and oxygen atoms in total. The zero-order valence-corrected chi connectivity index (χ0v) is 28.3. The van der Waals surface area contributed by atoms with Crippen molar-refractivity contribution in [1.29, 1.82) is 0 Å². The Labute approximate surface area is 280 Å². The Morgan fingerprint density at radius 1 is 0.776 bits per heavy atom. The van der Waals surface area contributed by atoms with Gasteiger partial charge in [0.15, 0.2) is 0 Å². The number of hydrogen-bond donors (Lipinski definition) is 2. The van der Waals surface area contributed by atoms with Crippen LogP contribution in [0.2, 0.25) is 0 Å². The molecule has 49 heavy (non-hydrogen) atoms. The van der Waals surface area contributed by atoms with E-state index in [-0.39, 0.29) is 24.2 Å². The zero-order chi connectivity index (χ0) is 35.7. The highest BCUT2D eigenvalue weighted by atomic mass is 19.1. The lowest BCUT2D eigenvalue weighted by molar-refractivity contribution is 0.102. The highest BCUT2D eigenvalue weighted by Crippen LogP contribution is 2.37. The average Bonchev–Trinajstić information content (AvgIpc) is 3.08. The van der Waals surface area contributed by atoms with Gasteiger partial charge in [-0.3, -0.25) is 23.5 Å². The SMILES string of the molecule is COc1cc(-c2cccc(-c3cccc(NC(=O)c4cn(C)c(=O)n(C)c4=O)c3C)c2C)cc(F)c1CNCc1cn(C)c(=O)n(C)c1=O. The van der Waals surface area contributed by atoms with Gasteiger partial charge in [-0.25, -0.2) is 14.0 Å². The highest BCUT2D eigenvalue weighted by molar-refractivity contribution is 6.04. The number of ether oxygens (including phenoxy) is 1. The molecule has 0 radical (unpaired) electrons. The maximum atomic E-state index is 15.7. The Hall–Kier alpha value is -5.82. The third-order valence-electron chi connectivity index (χ3n) is 8.72. The van der Waals surface area contributed by atoms with Crippen molar-refractivity contribution in [1.82, 2.24) is 23.6 Å². The first-order chi connectivity index (χ1) is 23.2. The lowest BCUT2D eigenvalue weighted by atomic mass is 9.90. The molecular weight excluding hydrogens is 631 g/mol. The maximum Gasteiger partial charge on any atom is 0.330 e. The summed E-state index contributed by atoms with van der Waals surface area (Å²) in [5, 5.41) is 5.89. The van der Waals surface area contributed by atoms with Crippen molar-refractivity contribution in [2.45, 2.75) is 26.9 Å². The predicted molar refractivity (Wildman–Crippen MR) is 186 cm³/mol. The van der Waals surface area contributed by atoms with E-state index in [0.29, 0.717) is 22.6 Å². The number of amides is 1. The molecule has 0 bridgehead atoms. The Morgan fingerprint density at radius 2 is 1.37 bits per heavy atom. The van der Waals surface area contributed by atoms with Crippen LogP contribution in [0.5, 0.6) is 5.75 Å². The Morgan fingerprint density at radius 3 is 2.04 bits per heavy atom. The first-order valence-corrected chi connectivity index (χ1v) is 15.4. The van der Waals surface area contributed by atoms with Crippen LogP contribution in [0.1, 0.15) is 32.6 Å². The summed E-state index contributed by atoms with van der Waals surface area (Å²) in [6, 6.07) is 14.3. The molecule has 0 aliphatic carbocycles. The zero-order valence-electron chi connectivity index (χ0n) is 28.3. The summed E-state index contributed by atoms with van der Waals surface area (Å²) in [6.45, 7) is 3.97. The van der Waals surface area contributed by atoms with Crippen LogP contribution in [-0.2, 0) is 41.3 Å². The van der Waals surface area contributed by atoms with E-state index in [4.69, 9.17) is 4.74 Å². The van der Waals surface area contributed by atoms with Gasteiger partial charge in [0.1, 0.15) is 17.1 Å². The fourth-order valence-corrected chi connectivity index (χ4v) is 5.90. The van der Waals surface area contributed by atoms with E-state index in [2.05, 4.69) is 10.6 Å². The molecule has 0 saturated carbocycles. The van der Waals surface area contributed by atoms with E-state index >= 15 is 4.39 Å². The van der Waals surface area contributed by atoms with Gasteiger partial charge < -0.3 is 24.5 Å². The van der Waals surface area contributed by atoms with E-state index in [1.165, 1.54) is 55.8 Å². The van der Waals surface area contributed by atoms with Gasteiger partial charge in [0.25, 0.3) is 17.0 Å². The molecule has 1 amide bonds. The number of carbonyl (C=O) groups is 1. The Balaban J connectivity index is 1.43. The van der Waals surface area contributed by atoms with Crippen LogP contribution in [0.3, 0.4) is 0 Å². The van der Waals surface area contributed by atoms with Gasteiger partial charge in [0.2, 0.25) is 0 Å². The van der Waals surface area contributed by atoms with Crippen LogP contribution in [-0.4, -0.2) is 31.3 Å². The van der Waals surface area contributed by atoms with Crippen molar-refractivity contribution in [2.24, 2.45) is 28.2 Å². The molecule has 0 spiro atoms. The van der Waals surface area contributed by atoms with Crippen molar-refractivity contribution >= 4 is 11.6 Å². The molecule has 0 aliphatic heterocycles. The minimum Gasteiger partial charge on any atom is -0.496 e. The number of benzene rings is 3. The van der Waals surface area contributed by atoms with Gasteiger partial charge in [-0.1, -0.05) is 30.3 Å². The fourth-order valence-electron chi connectivity index (χ4n) is 5.90. The van der Waals surface area contributed by atoms with Crippen molar-refractivity contribution in [3.05, 3.63) is 136 Å². The van der Waals surface area contributed by atoms with E-state index < -0.39 is 34.2 Å². The summed E-state index contributed by atoms with van der Waals surface area (Å²) < 4.78 is 25.7. The third kappa shape index (κ3) is 6.52. The Bertz CT molecular complexity index is 2370. The number of rotatable bonds is 9. The molecule has 0 aliphatic rings. The second-order valence-electron chi connectivity index (χ2n) is 11.9. The second-order valence-corrected chi connectivity index (χ2v) is 11.9. The largest absolute Gasteiger partial charge is 0.496 e. The maximum absolute atomic E-state index is 15.7. The molecule has 5 rings (SSSR count). The average molecular weight is 669 g/mol. The van der Waals surface area contributed by atoms with Crippen LogP contribution in [0.15, 0.2) is 80.1 Å². The molecule has 13 heteroatoms. The lowest BCUT2D eigenvalue weighted by Gasteiger charge is -2.18. The van der Waals surface area contributed by atoms with Crippen LogP contribution in [0, 0.1) is 19.7 Å². The van der Waals surface area contributed by atoms with E-state index in [1.807, 2.05) is 38.1 Å². The molecular formula is C36H37FN6O6. The van der Waals surface area contributed by atoms with Gasteiger partial charge in [0, 0.05) is 70.5 Å². The fraction of sp³-hybridized carbons (Fsp3) is 0.250. The van der Waals surface area contributed by atoms with E-state index in [0.717, 1.165) is 37.0 Å². The van der Waals surface area contributed by atoms with Crippen LogP contribution in [0.4, 0.5) is 10.1 Å². The minimum atomic E-state index is -0.697. The topological polar surface area (TPSA) is 138 Å². The van der Waals surface area contributed by atoms with Gasteiger partial charge >= 0.3 is 11.4 Å². The van der Waals surface area contributed by atoms with Crippen molar-refractivity contribution in [3.63, 3.8) is 0 Å². The lowest BCUT2D eigenvalue weighted by Crippen LogP contribution is -2.40. The van der Waals surface area contributed by atoms with Crippen LogP contribution in [0.25, 0.3) is 22.3 Å². The molecule has 2 heterocycles. The monoisotopic (exact) mass is 668 g/mol. The summed E-state index contributed by atoms with van der Waals surface area (Å²) in [6.07, 6.45) is 2.68. The second kappa shape index (κ2) is 13.7. The number of hydrogen-bond acceptors (Lipinski definition) is 7. The number of aromatic nitrogens is 4. The number of nitrogens with one attached hydrogen (secondary N) is 2. The van der Waals surface area contributed by atoms with Crippen LogP contribution < -0.4 is 37.9 Å². The van der Waals surface area contributed by atoms with Gasteiger partial charge in [-0.05, 0) is 65.4 Å². The highest BCUT2D eigenvalue weighted by Gasteiger charge is 2.19. The number of nitrogens with zero attached hydrogens (tertiary/aromatic N) is 4. The molecule has 0 atom stereocenters. The molecule has 0 saturated heterocycles. The standard InChI is InChI=1S/C36H37FN6O6/c1-20-24(22-14-29(37)27(31(15-22)49-7)17-38-16-23-18-40(3)35(47)42(5)33(23)45)10-8-11-25(20)26-12-9-13-30(21(26)2)39-32(44)28-19-41(4)36(48)43(6)34(28)46/h8-15,18-19,38H,16-17H2,1-7H3,(H,39,44). The number of halogens is 1. The van der Waals surface area contributed by atoms with E-state index in [1.54, 1.807) is 25.2 Å². The molecule has 5 aromatic rings. The number of anilines is 1. The molecule has 0 unspecified atom stereocenters. The molecule has 2 N–H and O–H groups in total. The quantitative estimate of drug-likeness (QED) is 0.246. The summed E-state index contributed by atoms with van der Waals surface area (Å²) in [4.78, 5) is 62.4. The molecule has 254 valence electrons. The summed E-state index contributed by atoms with van der Waals surface area (Å²) in [5.74, 6) is -0.813.